The van der Waals surface area contributed by atoms with Gasteiger partial charge in [-0.1, -0.05) is 58.1 Å². The third-order valence-corrected chi connectivity index (χ3v) is 6.74. The van der Waals surface area contributed by atoms with Gasteiger partial charge in [0.05, 0.1) is 22.6 Å². The zero-order valence-corrected chi connectivity index (χ0v) is 21.0. The molecule has 7 nitrogen and oxygen atoms in total. The van der Waals surface area contributed by atoms with E-state index in [-0.39, 0.29) is 11.6 Å². The lowest BCUT2D eigenvalue weighted by Crippen LogP contribution is -2.27. The Hall–Kier alpha value is -3.21. The first kappa shape index (κ1) is 23.9. The molecule has 0 radical (unpaired) electrons. The number of rotatable bonds is 7. The normalized spacial score (nSPS) is 14.5. The maximum Gasteiger partial charge on any atom is 0.270 e. The maximum atomic E-state index is 13.0. The van der Waals surface area contributed by atoms with Crippen molar-refractivity contribution in [2.45, 2.75) is 6.61 Å². The topological polar surface area (TPSA) is 81.9 Å². The van der Waals surface area contributed by atoms with Crippen molar-refractivity contribution < 1.29 is 19.2 Å². The van der Waals surface area contributed by atoms with Gasteiger partial charge in [0.1, 0.15) is 6.61 Å². The number of thiocarbonyl (C=S) groups is 1. The van der Waals surface area contributed by atoms with Crippen molar-refractivity contribution in [3.63, 3.8) is 0 Å². The summed E-state index contributed by atoms with van der Waals surface area (Å²) in [5, 5.41) is 10.9. The van der Waals surface area contributed by atoms with Crippen LogP contribution in [0.1, 0.15) is 11.1 Å². The van der Waals surface area contributed by atoms with Crippen molar-refractivity contribution in [3.8, 4) is 11.5 Å². The van der Waals surface area contributed by atoms with E-state index in [0.29, 0.717) is 33.0 Å². The summed E-state index contributed by atoms with van der Waals surface area (Å²) in [7, 11) is 1.56. The van der Waals surface area contributed by atoms with E-state index in [4.69, 9.17) is 21.7 Å². The predicted octanol–water partition coefficient (Wildman–Crippen LogP) is 6.35. The number of benzene rings is 3. The fourth-order valence-corrected chi connectivity index (χ4v) is 4.76. The number of thioether (sulfide) groups is 1. The second-order valence-electron chi connectivity index (χ2n) is 7.12. The first-order valence-corrected chi connectivity index (χ1v) is 11.9. The van der Waals surface area contributed by atoms with Gasteiger partial charge in [0.2, 0.25) is 0 Å². The Morgan fingerprint density at radius 3 is 2.44 bits per heavy atom. The van der Waals surface area contributed by atoms with Crippen LogP contribution in [0.5, 0.6) is 11.5 Å². The van der Waals surface area contributed by atoms with Crippen molar-refractivity contribution in [1.29, 1.82) is 0 Å². The summed E-state index contributed by atoms with van der Waals surface area (Å²) >= 11 is 9.96. The third-order valence-electron chi connectivity index (χ3n) is 4.91. The molecule has 1 amide bonds. The number of ether oxygens (including phenoxy) is 2. The van der Waals surface area contributed by atoms with Crippen LogP contribution in [0.3, 0.4) is 0 Å². The Kier molecular flexibility index (Phi) is 7.30. The average molecular weight is 557 g/mol. The number of anilines is 1. The molecule has 0 bridgehead atoms. The van der Waals surface area contributed by atoms with E-state index < -0.39 is 4.92 Å². The summed E-state index contributed by atoms with van der Waals surface area (Å²) in [4.78, 5) is 25.2. The minimum Gasteiger partial charge on any atom is -0.493 e. The molecule has 0 saturated carbocycles. The molecule has 1 aliphatic heterocycles. The van der Waals surface area contributed by atoms with Crippen molar-refractivity contribution in [2.24, 2.45) is 0 Å². The minimum atomic E-state index is -0.492. The van der Waals surface area contributed by atoms with E-state index >= 15 is 0 Å². The average Bonchev–Trinajstić information content (AvgIpc) is 3.11. The molecule has 1 heterocycles. The molecule has 172 valence electrons. The predicted molar refractivity (Wildman–Crippen MR) is 140 cm³/mol. The number of nitro groups is 1. The van der Waals surface area contributed by atoms with Gasteiger partial charge in [0.15, 0.2) is 15.8 Å². The van der Waals surface area contributed by atoms with Crippen molar-refractivity contribution in [1.82, 2.24) is 0 Å². The standard InChI is InChI=1S/C24H17BrN2O5S2/c1-31-21-12-16(4-11-20(21)32-14-15-2-5-17(25)6-3-15)13-22-23(28)26(24(33)34-22)18-7-9-19(10-8-18)27(29)30/h2-13H,14H2,1H3/b22-13+. The van der Waals surface area contributed by atoms with Crippen LogP contribution in [-0.2, 0) is 11.4 Å². The van der Waals surface area contributed by atoms with E-state index in [1.807, 2.05) is 30.3 Å². The van der Waals surface area contributed by atoms with Crippen molar-refractivity contribution in [3.05, 3.63) is 97.3 Å². The van der Waals surface area contributed by atoms with Crippen molar-refractivity contribution in [2.75, 3.05) is 12.0 Å². The largest absolute Gasteiger partial charge is 0.493 e. The fourth-order valence-electron chi connectivity index (χ4n) is 3.20. The lowest BCUT2D eigenvalue weighted by Gasteiger charge is -2.14. The van der Waals surface area contributed by atoms with Gasteiger partial charge >= 0.3 is 0 Å². The summed E-state index contributed by atoms with van der Waals surface area (Å²) in [6.45, 7) is 0.386. The molecular weight excluding hydrogens is 540 g/mol. The van der Waals surface area contributed by atoms with Crippen LogP contribution in [0, 0.1) is 10.1 Å². The Bertz CT molecular complexity index is 1290. The second kappa shape index (κ2) is 10.4. The highest BCUT2D eigenvalue weighted by Crippen LogP contribution is 2.37. The van der Waals surface area contributed by atoms with E-state index in [0.717, 1.165) is 15.6 Å². The number of amides is 1. The summed E-state index contributed by atoms with van der Waals surface area (Å²) in [5.74, 6) is 0.830. The summed E-state index contributed by atoms with van der Waals surface area (Å²) in [6, 6.07) is 18.9. The molecule has 1 saturated heterocycles. The number of non-ortho nitro benzene ring substituents is 1. The number of halogens is 1. The van der Waals surface area contributed by atoms with Gasteiger partial charge in [-0.05, 0) is 53.6 Å². The maximum absolute atomic E-state index is 13.0. The van der Waals surface area contributed by atoms with Crippen LogP contribution in [0.15, 0.2) is 76.1 Å². The molecule has 3 aromatic rings. The molecule has 0 atom stereocenters. The molecule has 4 rings (SSSR count). The molecule has 0 unspecified atom stereocenters. The molecule has 34 heavy (non-hydrogen) atoms. The number of nitro benzene ring substituents is 1. The minimum absolute atomic E-state index is 0.0562. The molecule has 0 aliphatic carbocycles. The van der Waals surface area contributed by atoms with Gasteiger partial charge in [-0.2, -0.15) is 0 Å². The number of nitrogens with zero attached hydrogens (tertiary/aromatic N) is 2. The zero-order valence-electron chi connectivity index (χ0n) is 17.8. The van der Waals surface area contributed by atoms with Gasteiger partial charge in [-0.25, -0.2) is 0 Å². The molecule has 10 heteroatoms. The van der Waals surface area contributed by atoms with E-state index in [1.165, 1.54) is 40.9 Å². The lowest BCUT2D eigenvalue weighted by atomic mass is 10.1. The van der Waals surface area contributed by atoms with Gasteiger partial charge in [-0.15, -0.1) is 0 Å². The molecule has 0 spiro atoms. The number of hydrogen-bond donors (Lipinski definition) is 0. The van der Waals surface area contributed by atoms with Gasteiger partial charge in [0, 0.05) is 16.6 Å². The Balaban J connectivity index is 1.51. The quantitative estimate of drug-likeness (QED) is 0.145. The fraction of sp³-hybridized carbons (Fsp3) is 0.0833. The van der Waals surface area contributed by atoms with Crippen LogP contribution in [-0.4, -0.2) is 22.3 Å². The second-order valence-corrected chi connectivity index (χ2v) is 9.71. The highest BCUT2D eigenvalue weighted by Gasteiger charge is 2.33. The van der Waals surface area contributed by atoms with Crippen LogP contribution >= 0.6 is 39.9 Å². The Morgan fingerprint density at radius 1 is 1.09 bits per heavy atom. The van der Waals surface area contributed by atoms with E-state index in [9.17, 15) is 14.9 Å². The molecule has 3 aromatic carbocycles. The molecule has 0 aromatic heterocycles. The number of hydrogen-bond acceptors (Lipinski definition) is 7. The molecule has 0 N–H and O–H groups in total. The lowest BCUT2D eigenvalue weighted by molar-refractivity contribution is -0.384. The molecular formula is C24H17BrN2O5S2. The monoisotopic (exact) mass is 556 g/mol. The number of carbonyl (C=O) groups excluding carboxylic acids is 1. The summed E-state index contributed by atoms with van der Waals surface area (Å²) in [5.41, 5.74) is 2.19. The van der Waals surface area contributed by atoms with Crippen LogP contribution in [0.25, 0.3) is 6.08 Å². The highest BCUT2D eigenvalue weighted by atomic mass is 79.9. The number of methoxy groups -OCH3 is 1. The van der Waals surface area contributed by atoms with Crippen molar-refractivity contribution >= 4 is 67.6 Å². The smallest absolute Gasteiger partial charge is 0.270 e. The summed E-state index contributed by atoms with van der Waals surface area (Å²) in [6.07, 6.45) is 1.73. The first-order valence-electron chi connectivity index (χ1n) is 9.93. The summed E-state index contributed by atoms with van der Waals surface area (Å²) < 4.78 is 12.7. The Labute approximate surface area is 213 Å². The molecule has 1 aliphatic rings. The van der Waals surface area contributed by atoms with Crippen LogP contribution in [0.2, 0.25) is 0 Å². The van der Waals surface area contributed by atoms with E-state index in [2.05, 4.69) is 15.9 Å². The third kappa shape index (κ3) is 5.30. The highest BCUT2D eigenvalue weighted by molar-refractivity contribution is 9.10. The first-order chi connectivity index (χ1) is 16.4. The number of carbonyl (C=O) groups is 1. The zero-order chi connectivity index (χ0) is 24.2. The van der Waals surface area contributed by atoms with Gasteiger partial charge in [-0.3, -0.25) is 19.8 Å². The Morgan fingerprint density at radius 2 is 1.79 bits per heavy atom. The SMILES string of the molecule is COc1cc(/C=C2/SC(=S)N(c3ccc([N+](=O)[O-])cc3)C2=O)ccc1OCc1ccc(Br)cc1. The molecule has 1 fully saturated rings. The van der Waals surface area contributed by atoms with E-state index in [1.54, 1.807) is 25.3 Å². The van der Waals surface area contributed by atoms with Gasteiger partial charge in [0.25, 0.3) is 11.6 Å². The van der Waals surface area contributed by atoms with Crippen LogP contribution < -0.4 is 14.4 Å². The van der Waals surface area contributed by atoms with Crippen LogP contribution in [0.4, 0.5) is 11.4 Å². The van der Waals surface area contributed by atoms with Gasteiger partial charge < -0.3 is 9.47 Å².